The largest absolute Gasteiger partial charge is 0.395 e. The summed E-state index contributed by atoms with van der Waals surface area (Å²) < 4.78 is 4.99. The van der Waals surface area contributed by atoms with E-state index in [1.54, 1.807) is 13.2 Å². The van der Waals surface area contributed by atoms with Crippen molar-refractivity contribution >= 4 is 11.6 Å². The van der Waals surface area contributed by atoms with Crippen molar-refractivity contribution in [3.05, 3.63) is 11.9 Å². The summed E-state index contributed by atoms with van der Waals surface area (Å²) in [6.07, 6.45) is 0. The number of anilines is 2. The lowest BCUT2D eigenvalue weighted by atomic mass is 10.3. The average molecular weight is 240 g/mol. The van der Waals surface area contributed by atoms with Crippen molar-refractivity contribution in [1.29, 1.82) is 0 Å². The highest BCUT2D eigenvalue weighted by molar-refractivity contribution is 5.47. The minimum absolute atomic E-state index is 0.0711. The number of nitrogens with zero attached hydrogens (tertiary/aromatic N) is 3. The molecule has 0 atom stereocenters. The Morgan fingerprint density at radius 2 is 2.18 bits per heavy atom. The maximum absolute atomic E-state index is 9.05. The van der Waals surface area contributed by atoms with Gasteiger partial charge in [-0.05, 0) is 13.8 Å². The van der Waals surface area contributed by atoms with Gasteiger partial charge in [-0.25, -0.2) is 9.97 Å². The summed E-state index contributed by atoms with van der Waals surface area (Å²) in [6.45, 7) is 4.97. The Bertz CT molecular complexity index is 357. The van der Waals surface area contributed by atoms with Crippen LogP contribution in [-0.4, -0.2) is 41.4 Å². The van der Waals surface area contributed by atoms with E-state index in [1.165, 1.54) is 0 Å². The summed E-state index contributed by atoms with van der Waals surface area (Å²) in [6, 6.07) is 1.93. The van der Waals surface area contributed by atoms with Gasteiger partial charge in [-0.15, -0.1) is 0 Å². The number of ether oxygens (including phenoxy) is 1. The molecule has 0 saturated carbocycles. The third-order valence-electron chi connectivity index (χ3n) is 2.31. The molecule has 0 aliphatic rings. The van der Waals surface area contributed by atoms with Gasteiger partial charge in [0, 0.05) is 25.8 Å². The summed E-state index contributed by atoms with van der Waals surface area (Å²) in [4.78, 5) is 10.4. The topological polar surface area (TPSA) is 84.5 Å². The van der Waals surface area contributed by atoms with Crippen LogP contribution in [0.15, 0.2) is 6.07 Å². The van der Waals surface area contributed by atoms with E-state index in [1.807, 2.05) is 18.7 Å². The van der Waals surface area contributed by atoms with Crippen LogP contribution in [0.4, 0.5) is 11.6 Å². The highest BCUT2D eigenvalue weighted by atomic mass is 16.5. The molecule has 0 aliphatic heterocycles. The molecule has 0 radical (unpaired) electrons. The molecule has 3 N–H and O–H groups in total. The smallest absolute Gasteiger partial charge is 0.158 e. The van der Waals surface area contributed by atoms with Crippen molar-refractivity contribution in [1.82, 2.24) is 9.97 Å². The fourth-order valence-corrected chi connectivity index (χ4v) is 1.59. The molecule has 0 bridgehead atoms. The van der Waals surface area contributed by atoms with Crippen molar-refractivity contribution in [3.63, 3.8) is 0 Å². The van der Waals surface area contributed by atoms with E-state index in [0.717, 1.165) is 0 Å². The normalized spacial score (nSPS) is 10.9. The third-order valence-corrected chi connectivity index (χ3v) is 2.31. The van der Waals surface area contributed by atoms with Gasteiger partial charge in [-0.1, -0.05) is 0 Å². The fourth-order valence-electron chi connectivity index (χ4n) is 1.59. The minimum Gasteiger partial charge on any atom is -0.395 e. The van der Waals surface area contributed by atoms with E-state index in [2.05, 4.69) is 9.97 Å². The van der Waals surface area contributed by atoms with Crippen LogP contribution in [0.5, 0.6) is 0 Å². The molecule has 17 heavy (non-hydrogen) atoms. The second kappa shape index (κ2) is 6.36. The number of nitrogen functional groups attached to an aromatic ring is 1. The number of aliphatic hydroxyl groups is 1. The van der Waals surface area contributed by atoms with Crippen LogP contribution in [0, 0.1) is 0 Å². The lowest BCUT2D eigenvalue weighted by Gasteiger charge is -2.27. The maximum atomic E-state index is 9.05. The Labute approximate surface area is 101 Å². The zero-order valence-electron chi connectivity index (χ0n) is 10.6. The summed E-state index contributed by atoms with van der Waals surface area (Å²) in [5, 5.41) is 9.05. The van der Waals surface area contributed by atoms with Gasteiger partial charge >= 0.3 is 0 Å². The van der Waals surface area contributed by atoms with E-state index in [9.17, 15) is 0 Å². The molecule has 0 saturated heterocycles. The zero-order chi connectivity index (χ0) is 12.8. The molecule has 0 aliphatic carbocycles. The summed E-state index contributed by atoms with van der Waals surface area (Å²) in [5.41, 5.74) is 5.73. The minimum atomic E-state index is 0.0711. The Morgan fingerprint density at radius 1 is 1.47 bits per heavy atom. The van der Waals surface area contributed by atoms with Crippen LogP contribution in [0.2, 0.25) is 0 Å². The number of methoxy groups -OCH3 is 1. The van der Waals surface area contributed by atoms with Crippen LogP contribution < -0.4 is 10.6 Å². The molecule has 96 valence electrons. The standard InChI is InChI=1S/C11H20N4O2/c1-8(2)15(4-5-16)11-6-9(12)13-10(14-11)7-17-3/h6,8,16H,4-5,7H2,1-3H3,(H2,12,13,14). The van der Waals surface area contributed by atoms with Gasteiger partial charge in [-0.3, -0.25) is 0 Å². The van der Waals surface area contributed by atoms with E-state index in [4.69, 9.17) is 15.6 Å². The fraction of sp³-hybridized carbons (Fsp3) is 0.636. The first-order valence-electron chi connectivity index (χ1n) is 5.58. The molecule has 1 heterocycles. The van der Waals surface area contributed by atoms with Crippen LogP contribution in [0.25, 0.3) is 0 Å². The Morgan fingerprint density at radius 3 is 2.71 bits per heavy atom. The van der Waals surface area contributed by atoms with Crippen LogP contribution >= 0.6 is 0 Å². The monoisotopic (exact) mass is 240 g/mol. The molecular weight excluding hydrogens is 220 g/mol. The summed E-state index contributed by atoms with van der Waals surface area (Å²) >= 11 is 0. The molecule has 0 amide bonds. The lowest BCUT2D eigenvalue weighted by molar-refractivity contribution is 0.178. The van der Waals surface area contributed by atoms with E-state index in [-0.39, 0.29) is 12.6 Å². The highest BCUT2D eigenvalue weighted by Gasteiger charge is 2.13. The van der Waals surface area contributed by atoms with Crippen LogP contribution in [0.3, 0.4) is 0 Å². The molecule has 1 aromatic heterocycles. The van der Waals surface area contributed by atoms with Crippen LogP contribution in [-0.2, 0) is 11.3 Å². The summed E-state index contributed by atoms with van der Waals surface area (Å²) in [5.74, 6) is 1.67. The second-order valence-corrected chi connectivity index (χ2v) is 4.01. The molecule has 1 aromatic rings. The first kappa shape index (κ1) is 13.7. The number of rotatable bonds is 6. The van der Waals surface area contributed by atoms with Gasteiger partial charge in [0.2, 0.25) is 0 Å². The molecule has 0 aromatic carbocycles. The predicted molar refractivity (Wildman–Crippen MR) is 66.7 cm³/mol. The van der Waals surface area contributed by atoms with Gasteiger partial charge in [0.1, 0.15) is 18.2 Å². The van der Waals surface area contributed by atoms with Gasteiger partial charge < -0.3 is 20.5 Å². The second-order valence-electron chi connectivity index (χ2n) is 4.01. The molecule has 0 unspecified atom stereocenters. The van der Waals surface area contributed by atoms with E-state index < -0.39 is 0 Å². The summed E-state index contributed by atoms with van der Waals surface area (Å²) in [7, 11) is 1.58. The van der Waals surface area contributed by atoms with Crippen molar-refractivity contribution in [2.45, 2.75) is 26.5 Å². The molecule has 1 rings (SSSR count). The van der Waals surface area contributed by atoms with Gasteiger partial charge in [0.25, 0.3) is 0 Å². The Hall–Kier alpha value is -1.40. The van der Waals surface area contributed by atoms with Gasteiger partial charge in [-0.2, -0.15) is 0 Å². The van der Waals surface area contributed by atoms with Gasteiger partial charge in [0.15, 0.2) is 5.82 Å². The van der Waals surface area contributed by atoms with Crippen molar-refractivity contribution < 1.29 is 9.84 Å². The van der Waals surface area contributed by atoms with E-state index >= 15 is 0 Å². The SMILES string of the molecule is COCc1nc(N)cc(N(CCO)C(C)C)n1. The molecule has 6 nitrogen and oxygen atoms in total. The first-order valence-corrected chi connectivity index (χ1v) is 5.58. The van der Waals surface area contributed by atoms with Crippen molar-refractivity contribution in [2.75, 3.05) is 30.9 Å². The maximum Gasteiger partial charge on any atom is 0.158 e. The number of hydrogen-bond donors (Lipinski definition) is 2. The molecule has 6 heteroatoms. The lowest BCUT2D eigenvalue weighted by Crippen LogP contribution is -2.34. The quantitative estimate of drug-likeness (QED) is 0.749. The Balaban J connectivity index is 3.00. The molecule has 0 spiro atoms. The third kappa shape index (κ3) is 3.83. The first-order chi connectivity index (χ1) is 8.08. The number of hydrogen-bond acceptors (Lipinski definition) is 6. The number of aromatic nitrogens is 2. The van der Waals surface area contributed by atoms with Crippen LogP contribution in [0.1, 0.15) is 19.7 Å². The zero-order valence-corrected chi connectivity index (χ0v) is 10.6. The number of aliphatic hydroxyl groups excluding tert-OH is 1. The van der Waals surface area contributed by atoms with Gasteiger partial charge in [0.05, 0.1) is 6.61 Å². The predicted octanol–water partition coefficient (Wildman–Crippen LogP) is 0.412. The highest BCUT2D eigenvalue weighted by Crippen LogP contribution is 2.16. The average Bonchev–Trinajstić information content (AvgIpc) is 2.25. The Kier molecular flexibility index (Phi) is 5.11. The molecular formula is C11H20N4O2. The van der Waals surface area contributed by atoms with Crippen molar-refractivity contribution in [3.8, 4) is 0 Å². The number of nitrogens with two attached hydrogens (primary N) is 1. The van der Waals surface area contributed by atoms with Crippen molar-refractivity contribution in [2.24, 2.45) is 0 Å². The van der Waals surface area contributed by atoms with E-state index in [0.29, 0.717) is 30.6 Å². The molecule has 0 fully saturated rings.